The Balaban J connectivity index is 1.70. The Bertz CT molecular complexity index is 1160. The number of nitrogens with one attached hydrogen (secondary N) is 3. The van der Waals surface area contributed by atoms with Crippen LogP contribution in [0.5, 0.6) is 0 Å². The van der Waals surface area contributed by atoms with Crippen LogP contribution in [0.2, 0.25) is 0 Å². The molecule has 0 atom stereocenters. The van der Waals surface area contributed by atoms with Crippen LogP contribution in [0.1, 0.15) is 30.3 Å². The van der Waals surface area contributed by atoms with Gasteiger partial charge in [-0.3, -0.25) is 14.9 Å². The van der Waals surface area contributed by atoms with Gasteiger partial charge in [0.05, 0.1) is 10.9 Å². The van der Waals surface area contributed by atoms with Gasteiger partial charge in [-0.05, 0) is 40.8 Å². The molecule has 11 heteroatoms. The largest absolute Gasteiger partial charge is 0.339 e. The Morgan fingerprint density at radius 2 is 2.22 bits per heavy atom. The zero-order valence-corrected chi connectivity index (χ0v) is 15.2. The molecule has 138 valence electrons. The summed E-state index contributed by atoms with van der Waals surface area (Å²) in [5.41, 5.74) is 0.919. The van der Waals surface area contributed by atoms with Gasteiger partial charge < -0.3 is 4.98 Å². The summed E-state index contributed by atoms with van der Waals surface area (Å²) in [4.78, 5) is 29.3. The third-order valence-electron chi connectivity index (χ3n) is 3.96. The van der Waals surface area contributed by atoms with Crippen LogP contribution in [-0.2, 0) is 0 Å². The number of aromatic amines is 2. The van der Waals surface area contributed by atoms with Crippen LogP contribution in [0.4, 0.5) is 5.95 Å². The van der Waals surface area contributed by atoms with Crippen molar-refractivity contribution in [1.82, 2.24) is 35.2 Å². The van der Waals surface area contributed by atoms with Crippen LogP contribution in [0.25, 0.3) is 16.6 Å². The third-order valence-corrected chi connectivity index (χ3v) is 5.04. The molecule has 3 N–H and O–H groups in total. The zero-order chi connectivity index (χ0) is 18.8. The highest BCUT2D eigenvalue weighted by Crippen LogP contribution is 2.22. The van der Waals surface area contributed by atoms with Crippen molar-refractivity contribution in [1.29, 1.82) is 0 Å². The van der Waals surface area contributed by atoms with E-state index >= 15 is 0 Å². The molecule has 1 aromatic carbocycles. The molecule has 0 aliphatic rings. The molecule has 0 spiro atoms. The highest BCUT2D eigenvalue weighted by Gasteiger charge is 2.15. The molecule has 1 amide bonds. The number of carbonyl (C=O) groups is 1. The van der Waals surface area contributed by atoms with E-state index in [0.717, 1.165) is 23.5 Å². The molecule has 0 fully saturated rings. The highest BCUT2D eigenvalue weighted by molar-refractivity contribution is 7.99. The summed E-state index contributed by atoms with van der Waals surface area (Å²) in [6.07, 6.45) is 2.25. The zero-order valence-electron chi connectivity index (χ0n) is 14.4. The summed E-state index contributed by atoms with van der Waals surface area (Å²) in [7, 11) is 0. The Morgan fingerprint density at radius 3 is 3.00 bits per heavy atom. The Kier molecular flexibility index (Phi) is 4.59. The van der Waals surface area contributed by atoms with E-state index in [-0.39, 0.29) is 17.2 Å². The quantitative estimate of drug-likeness (QED) is 0.341. The fraction of sp³-hybridized carbons (Fsp3) is 0.250. The number of carbonyl (C=O) groups excluding carboxylic acids is 1. The standard InChI is InChI=1S/C16H16N8O2S/c1-2-3-6-27-9-4-5-11-10(7-9)15(26)24-13(17-11)8-12(21-24)14(25)18-16-19-22-23-20-16/h4-5,7-8,17H,2-3,6H2,1H3,(H2,18,19,20,22,23,25). The number of benzene rings is 1. The van der Waals surface area contributed by atoms with Crippen molar-refractivity contribution in [2.45, 2.75) is 24.7 Å². The predicted octanol–water partition coefficient (Wildman–Crippen LogP) is 1.83. The maximum atomic E-state index is 12.8. The van der Waals surface area contributed by atoms with Gasteiger partial charge in [0.15, 0.2) is 5.69 Å². The van der Waals surface area contributed by atoms with Crippen molar-refractivity contribution in [2.75, 3.05) is 11.1 Å². The summed E-state index contributed by atoms with van der Waals surface area (Å²) in [6.45, 7) is 2.15. The van der Waals surface area contributed by atoms with Crippen molar-refractivity contribution in [3.63, 3.8) is 0 Å². The van der Waals surface area contributed by atoms with E-state index in [4.69, 9.17) is 0 Å². The second-order valence-corrected chi connectivity index (χ2v) is 7.04. The van der Waals surface area contributed by atoms with Crippen molar-refractivity contribution in [3.05, 3.63) is 40.3 Å². The molecule has 0 saturated heterocycles. The normalized spacial score (nSPS) is 11.3. The second kappa shape index (κ2) is 7.19. The van der Waals surface area contributed by atoms with Crippen LogP contribution in [0.3, 0.4) is 0 Å². The van der Waals surface area contributed by atoms with Crippen LogP contribution < -0.4 is 10.9 Å². The lowest BCUT2D eigenvalue weighted by atomic mass is 10.2. The van der Waals surface area contributed by atoms with Crippen molar-refractivity contribution in [3.8, 4) is 0 Å². The van der Waals surface area contributed by atoms with E-state index in [0.29, 0.717) is 16.6 Å². The topological polar surface area (TPSA) is 134 Å². The molecule has 0 radical (unpaired) electrons. The smallest absolute Gasteiger partial charge is 0.282 e. The van der Waals surface area contributed by atoms with E-state index < -0.39 is 5.91 Å². The van der Waals surface area contributed by atoms with Crippen LogP contribution in [0, 0.1) is 0 Å². The summed E-state index contributed by atoms with van der Waals surface area (Å²) in [6, 6.07) is 7.22. The number of hydrogen-bond acceptors (Lipinski definition) is 7. The van der Waals surface area contributed by atoms with Crippen molar-refractivity contribution >= 4 is 40.2 Å². The van der Waals surface area contributed by atoms with E-state index in [1.165, 1.54) is 10.6 Å². The molecular formula is C16H16N8O2S. The summed E-state index contributed by atoms with van der Waals surface area (Å²) in [5, 5.41) is 19.9. The minimum Gasteiger partial charge on any atom is -0.339 e. The van der Waals surface area contributed by atoms with Crippen molar-refractivity contribution < 1.29 is 4.79 Å². The molecule has 0 aliphatic carbocycles. The van der Waals surface area contributed by atoms with Crippen LogP contribution in [-0.4, -0.2) is 46.9 Å². The van der Waals surface area contributed by atoms with Gasteiger partial charge >= 0.3 is 0 Å². The fourth-order valence-electron chi connectivity index (χ4n) is 2.61. The van der Waals surface area contributed by atoms with Crippen molar-refractivity contribution in [2.24, 2.45) is 0 Å². The number of tetrazole rings is 1. The van der Waals surface area contributed by atoms with E-state index in [1.54, 1.807) is 11.8 Å². The summed E-state index contributed by atoms with van der Waals surface area (Å²) >= 11 is 1.72. The Labute approximate surface area is 156 Å². The van der Waals surface area contributed by atoms with Gasteiger partial charge in [0.1, 0.15) is 5.65 Å². The van der Waals surface area contributed by atoms with Gasteiger partial charge in [-0.25, -0.2) is 5.10 Å². The number of nitrogens with zero attached hydrogens (tertiary/aromatic N) is 5. The first-order valence-electron chi connectivity index (χ1n) is 8.39. The molecule has 3 heterocycles. The molecule has 4 rings (SSSR count). The fourth-order valence-corrected chi connectivity index (χ4v) is 3.64. The van der Waals surface area contributed by atoms with Crippen LogP contribution in [0.15, 0.2) is 34.0 Å². The minimum absolute atomic E-state index is 0.0765. The second-order valence-electron chi connectivity index (χ2n) is 5.87. The van der Waals surface area contributed by atoms with E-state index in [9.17, 15) is 9.59 Å². The molecule has 0 bridgehead atoms. The number of amides is 1. The maximum absolute atomic E-state index is 12.8. The average Bonchev–Trinajstić information content (AvgIpc) is 3.32. The summed E-state index contributed by atoms with van der Waals surface area (Å²) < 4.78 is 1.19. The number of unbranched alkanes of at least 4 members (excludes halogenated alkanes) is 1. The lowest BCUT2D eigenvalue weighted by Gasteiger charge is -2.04. The SMILES string of the molecule is CCCCSc1ccc2[nH]c3cc(C(=O)Nc4nnn[nH]4)nn3c(=O)c2c1. The van der Waals surface area contributed by atoms with Gasteiger partial charge in [0.25, 0.3) is 11.5 Å². The number of fused-ring (bicyclic) bond motifs is 2. The lowest BCUT2D eigenvalue weighted by molar-refractivity contribution is 0.102. The molecule has 0 aliphatic heterocycles. The van der Waals surface area contributed by atoms with Gasteiger partial charge in [0.2, 0.25) is 5.95 Å². The lowest BCUT2D eigenvalue weighted by Crippen LogP contribution is -2.17. The first-order chi connectivity index (χ1) is 13.2. The maximum Gasteiger partial charge on any atom is 0.282 e. The van der Waals surface area contributed by atoms with Gasteiger partial charge in [-0.15, -0.1) is 11.8 Å². The number of aromatic nitrogens is 7. The Hall–Kier alpha value is -3.21. The molecule has 0 unspecified atom stereocenters. The van der Waals surface area contributed by atoms with Gasteiger partial charge in [-0.1, -0.05) is 18.4 Å². The third kappa shape index (κ3) is 3.40. The molecule has 4 aromatic rings. The number of hydrogen-bond donors (Lipinski definition) is 3. The van der Waals surface area contributed by atoms with Gasteiger partial charge in [0, 0.05) is 11.0 Å². The highest BCUT2D eigenvalue weighted by atomic mass is 32.2. The van der Waals surface area contributed by atoms with E-state index in [1.807, 2.05) is 18.2 Å². The first-order valence-corrected chi connectivity index (χ1v) is 9.38. The number of anilines is 1. The number of thioether (sulfide) groups is 1. The van der Waals surface area contributed by atoms with Gasteiger partial charge in [-0.2, -0.15) is 9.61 Å². The monoisotopic (exact) mass is 384 g/mol. The number of rotatable bonds is 6. The van der Waals surface area contributed by atoms with E-state index in [2.05, 4.69) is 42.9 Å². The predicted molar refractivity (Wildman–Crippen MR) is 101 cm³/mol. The molecular weight excluding hydrogens is 368 g/mol. The first kappa shape index (κ1) is 17.2. The molecule has 27 heavy (non-hydrogen) atoms. The Morgan fingerprint density at radius 1 is 1.33 bits per heavy atom. The number of H-pyrrole nitrogens is 2. The molecule has 3 aromatic heterocycles. The molecule has 0 saturated carbocycles. The average molecular weight is 384 g/mol. The van der Waals surface area contributed by atoms with Crippen LogP contribution >= 0.6 is 11.8 Å². The minimum atomic E-state index is -0.523. The summed E-state index contributed by atoms with van der Waals surface area (Å²) in [5.74, 6) is 0.581. The molecule has 10 nitrogen and oxygen atoms in total.